The first-order valence-corrected chi connectivity index (χ1v) is 12.8. The maximum atomic E-state index is 14.4. The number of nitrogens with one attached hydrogen (secondary N) is 1. The van der Waals surface area contributed by atoms with E-state index in [-0.39, 0.29) is 6.03 Å². The highest BCUT2D eigenvalue weighted by Crippen LogP contribution is 2.44. The van der Waals surface area contributed by atoms with Crippen molar-refractivity contribution in [2.45, 2.75) is 38.3 Å². The maximum absolute atomic E-state index is 14.4. The molecule has 184 valence electrons. The summed E-state index contributed by atoms with van der Waals surface area (Å²) in [6.07, 6.45) is 6.27. The molecule has 0 bridgehead atoms. The minimum Gasteiger partial charge on any atom is -0.497 e. The first kappa shape index (κ1) is 22.8. The van der Waals surface area contributed by atoms with E-state index in [1.54, 1.807) is 47.6 Å². The van der Waals surface area contributed by atoms with Crippen LogP contribution in [0.5, 0.6) is 5.75 Å². The number of benzene rings is 2. The summed E-state index contributed by atoms with van der Waals surface area (Å²) in [7, 11) is 1.57. The molecule has 0 fully saturated rings. The Morgan fingerprint density at radius 2 is 1.83 bits per heavy atom. The van der Waals surface area contributed by atoms with Gasteiger partial charge in [-0.15, -0.1) is 11.3 Å². The van der Waals surface area contributed by atoms with Gasteiger partial charge in [0.15, 0.2) is 0 Å². The lowest BCUT2D eigenvalue weighted by atomic mass is 9.95. The highest BCUT2D eigenvalue weighted by Gasteiger charge is 2.36. The Bertz CT molecular complexity index is 1440. The van der Waals surface area contributed by atoms with Crippen LogP contribution in [0.4, 0.5) is 19.3 Å². The van der Waals surface area contributed by atoms with Gasteiger partial charge in [-0.2, -0.15) is 0 Å². The highest BCUT2D eigenvalue weighted by molar-refractivity contribution is 7.15. The molecule has 5 nitrogen and oxygen atoms in total. The predicted octanol–water partition coefficient (Wildman–Crippen LogP) is 6.84. The van der Waals surface area contributed by atoms with Crippen LogP contribution in [0.15, 0.2) is 60.8 Å². The molecule has 2 aromatic carbocycles. The van der Waals surface area contributed by atoms with E-state index in [1.807, 2.05) is 18.3 Å². The van der Waals surface area contributed by atoms with Gasteiger partial charge in [0.1, 0.15) is 28.4 Å². The summed E-state index contributed by atoms with van der Waals surface area (Å²) in [5, 5.41) is 4.07. The molecule has 0 saturated carbocycles. The van der Waals surface area contributed by atoms with Crippen molar-refractivity contribution >= 4 is 23.1 Å². The first-order valence-electron chi connectivity index (χ1n) is 12.0. The summed E-state index contributed by atoms with van der Waals surface area (Å²) in [5.74, 6) is -0.726. The fraction of sp³-hybridized carbons (Fsp3) is 0.250. The second-order valence-corrected chi connectivity index (χ2v) is 10.3. The van der Waals surface area contributed by atoms with Gasteiger partial charge in [-0.05, 0) is 73.2 Å². The minimum atomic E-state index is -0.686. The van der Waals surface area contributed by atoms with E-state index in [9.17, 15) is 13.6 Å². The lowest BCUT2D eigenvalue weighted by Crippen LogP contribution is -2.38. The number of fused-ring (bicyclic) bond motifs is 5. The zero-order valence-corrected chi connectivity index (χ0v) is 20.6. The van der Waals surface area contributed by atoms with Gasteiger partial charge in [-0.3, -0.25) is 0 Å². The molecule has 1 aliphatic heterocycles. The molecule has 2 aromatic heterocycles. The van der Waals surface area contributed by atoms with Gasteiger partial charge in [0.05, 0.1) is 19.3 Å². The van der Waals surface area contributed by atoms with Crippen LogP contribution in [-0.4, -0.2) is 22.6 Å². The van der Waals surface area contributed by atoms with Crippen molar-refractivity contribution in [3.05, 3.63) is 99.7 Å². The Balaban J connectivity index is 1.50. The zero-order valence-electron chi connectivity index (χ0n) is 19.8. The molecule has 0 spiro atoms. The van der Waals surface area contributed by atoms with Crippen molar-refractivity contribution in [3.63, 3.8) is 0 Å². The SMILES string of the molecule is COc1cccc(NC(=O)N2Cc3c(sc4c3CCCC4)-n3cccc3[C@@H]2c2cc(F)cc(F)c2)c1. The molecule has 0 radical (unpaired) electrons. The van der Waals surface area contributed by atoms with Crippen molar-refractivity contribution in [1.82, 2.24) is 9.47 Å². The Morgan fingerprint density at radius 1 is 1.03 bits per heavy atom. The van der Waals surface area contributed by atoms with Crippen LogP contribution in [0.3, 0.4) is 0 Å². The summed E-state index contributed by atoms with van der Waals surface area (Å²) in [5.41, 5.74) is 4.18. The maximum Gasteiger partial charge on any atom is 0.322 e. The van der Waals surface area contributed by atoms with E-state index in [0.717, 1.165) is 48.0 Å². The highest BCUT2D eigenvalue weighted by atomic mass is 32.1. The number of urea groups is 1. The number of thiophene rings is 1. The third-order valence-corrected chi connectivity index (χ3v) is 8.29. The van der Waals surface area contributed by atoms with E-state index in [2.05, 4.69) is 9.88 Å². The fourth-order valence-electron chi connectivity index (χ4n) is 5.37. The molecular weight excluding hydrogens is 480 g/mol. The molecule has 0 unspecified atom stereocenters. The number of aromatic nitrogens is 1. The number of carbonyl (C=O) groups is 1. The third kappa shape index (κ3) is 3.95. The van der Waals surface area contributed by atoms with Crippen molar-refractivity contribution < 1.29 is 18.3 Å². The summed E-state index contributed by atoms with van der Waals surface area (Å²) in [6, 6.07) is 13.4. The van der Waals surface area contributed by atoms with Crippen LogP contribution < -0.4 is 10.1 Å². The van der Waals surface area contributed by atoms with Crippen molar-refractivity contribution in [1.29, 1.82) is 0 Å². The van der Waals surface area contributed by atoms with Crippen LogP contribution in [0.1, 0.15) is 46.1 Å². The number of hydrogen-bond acceptors (Lipinski definition) is 3. The zero-order chi connectivity index (χ0) is 24.8. The number of amides is 2. The molecule has 1 N–H and O–H groups in total. The Hall–Kier alpha value is -3.65. The van der Waals surface area contributed by atoms with E-state index in [4.69, 9.17) is 4.74 Å². The Labute approximate surface area is 211 Å². The molecule has 1 aliphatic carbocycles. The molecule has 3 heterocycles. The van der Waals surface area contributed by atoms with Crippen molar-refractivity contribution in [3.8, 4) is 10.8 Å². The minimum absolute atomic E-state index is 0.335. The van der Waals surface area contributed by atoms with Gasteiger partial charge in [-0.25, -0.2) is 13.6 Å². The number of methoxy groups -OCH3 is 1. The van der Waals surface area contributed by atoms with Crippen LogP contribution in [0, 0.1) is 11.6 Å². The second kappa shape index (κ2) is 9.09. The van der Waals surface area contributed by atoms with Crippen LogP contribution in [0.25, 0.3) is 5.00 Å². The summed E-state index contributed by atoms with van der Waals surface area (Å²) < 4.78 is 36.2. The number of nitrogens with zero attached hydrogens (tertiary/aromatic N) is 2. The number of anilines is 1. The smallest absolute Gasteiger partial charge is 0.322 e. The molecule has 8 heteroatoms. The molecule has 36 heavy (non-hydrogen) atoms. The van der Waals surface area contributed by atoms with E-state index in [1.165, 1.54) is 22.6 Å². The largest absolute Gasteiger partial charge is 0.497 e. The van der Waals surface area contributed by atoms with Gasteiger partial charge in [0, 0.05) is 34.5 Å². The van der Waals surface area contributed by atoms with Gasteiger partial charge in [0.25, 0.3) is 0 Å². The molecule has 0 saturated heterocycles. The number of ether oxygens (including phenoxy) is 1. The lowest BCUT2D eigenvalue weighted by Gasteiger charge is -2.31. The van der Waals surface area contributed by atoms with E-state index < -0.39 is 17.7 Å². The lowest BCUT2D eigenvalue weighted by molar-refractivity contribution is 0.194. The molecule has 2 amide bonds. The molecule has 1 atom stereocenters. The normalized spacial score (nSPS) is 16.5. The average molecular weight is 506 g/mol. The number of aryl methyl sites for hydroxylation is 1. The van der Waals surface area contributed by atoms with Crippen molar-refractivity contribution in [2.75, 3.05) is 12.4 Å². The molecular formula is C28H25F2N3O2S. The predicted molar refractivity (Wildman–Crippen MR) is 136 cm³/mol. The number of carbonyl (C=O) groups excluding carboxylic acids is 1. The molecule has 6 rings (SSSR count). The third-order valence-electron chi connectivity index (χ3n) is 6.96. The average Bonchev–Trinajstić information content (AvgIpc) is 3.45. The quantitative estimate of drug-likeness (QED) is 0.331. The Morgan fingerprint density at radius 3 is 2.64 bits per heavy atom. The Kier molecular flexibility index (Phi) is 5.76. The van der Waals surface area contributed by atoms with Crippen LogP contribution in [-0.2, 0) is 19.4 Å². The molecule has 2 aliphatic rings. The number of halogens is 2. The van der Waals surface area contributed by atoms with Crippen molar-refractivity contribution in [2.24, 2.45) is 0 Å². The number of hydrogen-bond donors (Lipinski definition) is 1. The van der Waals surface area contributed by atoms with Gasteiger partial charge >= 0.3 is 6.03 Å². The van der Waals surface area contributed by atoms with Crippen LogP contribution in [0.2, 0.25) is 0 Å². The second-order valence-electron chi connectivity index (χ2n) is 9.19. The topological polar surface area (TPSA) is 46.5 Å². The molecule has 4 aromatic rings. The number of rotatable bonds is 3. The monoisotopic (exact) mass is 505 g/mol. The summed E-state index contributed by atoms with van der Waals surface area (Å²) >= 11 is 1.76. The first-order chi connectivity index (χ1) is 17.5. The summed E-state index contributed by atoms with van der Waals surface area (Å²) in [6.45, 7) is 0.335. The van der Waals surface area contributed by atoms with Gasteiger partial charge in [0.2, 0.25) is 0 Å². The van der Waals surface area contributed by atoms with Gasteiger partial charge in [-0.1, -0.05) is 6.07 Å². The van der Waals surface area contributed by atoms with Crippen LogP contribution >= 0.6 is 11.3 Å². The van der Waals surface area contributed by atoms with E-state index >= 15 is 0 Å². The summed E-state index contributed by atoms with van der Waals surface area (Å²) in [4.78, 5) is 16.9. The van der Waals surface area contributed by atoms with Gasteiger partial charge < -0.3 is 19.5 Å². The fourth-order valence-corrected chi connectivity index (χ4v) is 6.77. The standard InChI is InChI=1S/C28H25F2N3O2S/c1-35-21-7-4-6-20(15-21)31-28(34)33-16-23-22-8-2-3-10-25(22)36-27(23)32-11-5-9-24(32)26(33)17-12-18(29)14-19(30)13-17/h4-7,9,11-15,26H,2-3,8,10,16H2,1H3,(H,31,34)/t26-/m0/s1. The van der Waals surface area contributed by atoms with E-state index in [0.29, 0.717) is 23.5 Å².